The van der Waals surface area contributed by atoms with E-state index in [1.54, 1.807) is 50.1 Å². The maximum atomic E-state index is 12.7. The number of piperazine rings is 1. The average molecular weight is 276 g/mol. The lowest BCUT2D eigenvalue weighted by atomic mass is 9.92. The number of hydrogen-bond acceptors (Lipinski definition) is 3. The molecular formula is C15H20N2O3. The molecule has 1 aliphatic rings. The number of amides is 2. The molecule has 2 amide bonds. The molecule has 0 aromatic heterocycles. The van der Waals surface area contributed by atoms with Crippen LogP contribution >= 0.6 is 0 Å². The van der Waals surface area contributed by atoms with Gasteiger partial charge < -0.3 is 10.1 Å². The van der Waals surface area contributed by atoms with Crippen LogP contribution in [-0.2, 0) is 9.59 Å². The van der Waals surface area contributed by atoms with Crippen molar-refractivity contribution in [3.8, 4) is 5.75 Å². The monoisotopic (exact) mass is 276 g/mol. The molecule has 2 rings (SSSR count). The third-order valence-electron chi connectivity index (χ3n) is 3.91. The highest BCUT2D eigenvalue weighted by Gasteiger charge is 2.45. The highest BCUT2D eigenvalue weighted by Crippen LogP contribution is 2.28. The molecule has 1 heterocycles. The molecule has 0 radical (unpaired) electrons. The maximum absolute atomic E-state index is 12.7. The number of carbonyl (C=O) groups is 2. The van der Waals surface area contributed by atoms with E-state index in [-0.39, 0.29) is 11.8 Å². The van der Waals surface area contributed by atoms with Crippen LogP contribution in [0.25, 0.3) is 0 Å². The normalized spacial score (nSPS) is 26.4. The smallest absolute Gasteiger partial charge is 0.253 e. The highest BCUT2D eigenvalue weighted by molar-refractivity contribution is 6.10. The third-order valence-corrected chi connectivity index (χ3v) is 3.91. The highest BCUT2D eigenvalue weighted by atomic mass is 16.5. The van der Waals surface area contributed by atoms with Gasteiger partial charge in [-0.05, 0) is 44.5 Å². The van der Waals surface area contributed by atoms with Gasteiger partial charge >= 0.3 is 0 Å². The van der Waals surface area contributed by atoms with Crippen molar-refractivity contribution in [2.24, 2.45) is 0 Å². The molecule has 1 saturated heterocycles. The fourth-order valence-electron chi connectivity index (χ4n) is 2.31. The molecule has 0 aliphatic carbocycles. The second-order valence-electron chi connectivity index (χ2n) is 5.22. The number of nitrogens with one attached hydrogen (secondary N) is 1. The van der Waals surface area contributed by atoms with Crippen molar-refractivity contribution in [1.82, 2.24) is 5.32 Å². The number of methoxy groups -OCH3 is 1. The second-order valence-corrected chi connectivity index (χ2v) is 5.22. The largest absolute Gasteiger partial charge is 0.497 e. The standard InChI is InChI=1S/C15H20N2O3/c1-5-15(3)14(19)17(10(2)13(18)16-15)11-6-8-12(20-4)9-7-11/h6-10H,5H2,1-4H3,(H,16,18). The Kier molecular flexibility index (Phi) is 3.70. The molecule has 1 aromatic rings. The molecule has 1 aliphatic heterocycles. The summed E-state index contributed by atoms with van der Waals surface area (Å²) >= 11 is 0. The van der Waals surface area contributed by atoms with Crippen molar-refractivity contribution in [3.05, 3.63) is 24.3 Å². The van der Waals surface area contributed by atoms with E-state index < -0.39 is 11.6 Å². The number of ether oxygens (including phenoxy) is 1. The van der Waals surface area contributed by atoms with E-state index in [0.717, 1.165) is 0 Å². The van der Waals surface area contributed by atoms with Crippen LogP contribution in [0.15, 0.2) is 24.3 Å². The molecule has 20 heavy (non-hydrogen) atoms. The number of hydrogen-bond donors (Lipinski definition) is 1. The second kappa shape index (κ2) is 5.15. The molecule has 0 spiro atoms. The SMILES string of the molecule is CCC1(C)NC(=O)C(C)N(c2ccc(OC)cc2)C1=O. The lowest BCUT2D eigenvalue weighted by Crippen LogP contribution is -2.68. The zero-order valence-corrected chi connectivity index (χ0v) is 12.3. The van der Waals surface area contributed by atoms with Crippen LogP contribution in [0.1, 0.15) is 27.2 Å². The Morgan fingerprint density at radius 2 is 1.90 bits per heavy atom. The molecule has 1 N–H and O–H groups in total. The van der Waals surface area contributed by atoms with Gasteiger partial charge in [-0.25, -0.2) is 0 Å². The molecule has 1 fully saturated rings. The summed E-state index contributed by atoms with van der Waals surface area (Å²) in [6.45, 7) is 5.38. The van der Waals surface area contributed by atoms with Crippen molar-refractivity contribution in [2.45, 2.75) is 38.8 Å². The van der Waals surface area contributed by atoms with Crippen LogP contribution in [0.5, 0.6) is 5.75 Å². The third kappa shape index (κ3) is 2.24. The van der Waals surface area contributed by atoms with Crippen LogP contribution in [0.2, 0.25) is 0 Å². The first kappa shape index (κ1) is 14.4. The Hall–Kier alpha value is -2.04. The van der Waals surface area contributed by atoms with Gasteiger partial charge in [0.25, 0.3) is 5.91 Å². The van der Waals surface area contributed by atoms with Crippen molar-refractivity contribution < 1.29 is 14.3 Å². The quantitative estimate of drug-likeness (QED) is 0.914. The summed E-state index contributed by atoms with van der Waals surface area (Å²) in [5, 5.41) is 2.81. The van der Waals surface area contributed by atoms with Crippen molar-refractivity contribution >= 4 is 17.5 Å². The molecule has 5 heteroatoms. The molecule has 5 nitrogen and oxygen atoms in total. The van der Waals surface area contributed by atoms with Gasteiger partial charge in [-0.3, -0.25) is 14.5 Å². The summed E-state index contributed by atoms with van der Waals surface area (Å²) in [6, 6.07) is 6.63. The van der Waals surface area contributed by atoms with Gasteiger partial charge in [-0.15, -0.1) is 0 Å². The van der Waals surface area contributed by atoms with Gasteiger partial charge in [0.1, 0.15) is 17.3 Å². The van der Waals surface area contributed by atoms with E-state index in [0.29, 0.717) is 17.9 Å². The van der Waals surface area contributed by atoms with Crippen molar-refractivity contribution in [3.63, 3.8) is 0 Å². The Balaban J connectivity index is 2.40. The minimum Gasteiger partial charge on any atom is -0.497 e. The van der Waals surface area contributed by atoms with E-state index in [1.165, 1.54) is 0 Å². The predicted octanol–water partition coefficient (Wildman–Crippen LogP) is 1.72. The first-order valence-corrected chi connectivity index (χ1v) is 6.72. The molecular weight excluding hydrogens is 256 g/mol. The zero-order valence-electron chi connectivity index (χ0n) is 12.3. The summed E-state index contributed by atoms with van der Waals surface area (Å²) in [5.41, 5.74) is -0.137. The van der Waals surface area contributed by atoms with E-state index >= 15 is 0 Å². The van der Waals surface area contributed by atoms with Crippen LogP contribution in [0.4, 0.5) is 5.69 Å². The summed E-state index contributed by atoms with van der Waals surface area (Å²) in [7, 11) is 1.59. The fraction of sp³-hybridized carbons (Fsp3) is 0.467. The van der Waals surface area contributed by atoms with E-state index in [2.05, 4.69) is 5.32 Å². The number of benzene rings is 1. The van der Waals surface area contributed by atoms with Crippen molar-refractivity contribution in [2.75, 3.05) is 12.0 Å². The molecule has 1 aromatic carbocycles. The number of carbonyl (C=O) groups excluding carboxylic acids is 2. The number of rotatable bonds is 3. The minimum absolute atomic E-state index is 0.0859. The van der Waals surface area contributed by atoms with E-state index in [1.807, 2.05) is 6.92 Å². The Labute approximate surface area is 118 Å². The van der Waals surface area contributed by atoms with Gasteiger partial charge in [0.05, 0.1) is 7.11 Å². The minimum atomic E-state index is -0.844. The summed E-state index contributed by atoms with van der Waals surface area (Å²) in [6.07, 6.45) is 0.553. The first-order chi connectivity index (χ1) is 9.42. The molecule has 0 saturated carbocycles. The van der Waals surface area contributed by atoms with Gasteiger partial charge in [0, 0.05) is 5.69 Å². The topological polar surface area (TPSA) is 58.6 Å². The van der Waals surface area contributed by atoms with Gasteiger partial charge in [-0.1, -0.05) is 6.92 Å². The molecule has 0 bridgehead atoms. The zero-order chi connectivity index (χ0) is 14.9. The van der Waals surface area contributed by atoms with E-state index in [4.69, 9.17) is 4.74 Å². The number of anilines is 1. The fourth-order valence-corrected chi connectivity index (χ4v) is 2.31. The molecule has 108 valence electrons. The van der Waals surface area contributed by atoms with Gasteiger partial charge in [0.15, 0.2) is 0 Å². The lowest BCUT2D eigenvalue weighted by molar-refractivity contribution is -0.137. The molecule has 2 atom stereocenters. The van der Waals surface area contributed by atoms with Crippen molar-refractivity contribution in [1.29, 1.82) is 0 Å². The lowest BCUT2D eigenvalue weighted by Gasteiger charge is -2.42. The van der Waals surface area contributed by atoms with Crippen LogP contribution in [-0.4, -0.2) is 30.5 Å². The van der Waals surface area contributed by atoms with Crippen LogP contribution in [0, 0.1) is 0 Å². The maximum Gasteiger partial charge on any atom is 0.253 e. The molecule has 2 unspecified atom stereocenters. The Morgan fingerprint density at radius 1 is 1.30 bits per heavy atom. The predicted molar refractivity (Wildman–Crippen MR) is 76.8 cm³/mol. The van der Waals surface area contributed by atoms with Crippen LogP contribution < -0.4 is 15.0 Å². The van der Waals surface area contributed by atoms with Gasteiger partial charge in [0.2, 0.25) is 5.91 Å². The van der Waals surface area contributed by atoms with Gasteiger partial charge in [-0.2, -0.15) is 0 Å². The Bertz CT molecular complexity index is 526. The van der Waals surface area contributed by atoms with E-state index in [9.17, 15) is 9.59 Å². The first-order valence-electron chi connectivity index (χ1n) is 6.72. The van der Waals surface area contributed by atoms with Crippen LogP contribution in [0.3, 0.4) is 0 Å². The summed E-state index contributed by atoms with van der Waals surface area (Å²) in [4.78, 5) is 26.3. The Morgan fingerprint density at radius 3 is 2.40 bits per heavy atom. The number of nitrogens with zero attached hydrogens (tertiary/aromatic N) is 1. The average Bonchev–Trinajstić information content (AvgIpc) is 2.46. The summed E-state index contributed by atoms with van der Waals surface area (Å²) < 4.78 is 5.11. The summed E-state index contributed by atoms with van der Waals surface area (Å²) in [5.74, 6) is 0.496.